The molecule has 7 aliphatic heterocycles. The van der Waals surface area contributed by atoms with Gasteiger partial charge in [-0.05, 0) is 57.0 Å². The van der Waals surface area contributed by atoms with Crippen LogP contribution in [0.25, 0.3) is 0 Å². The number of carbonyl (C=O) groups is 18. The number of esters is 4. The summed E-state index contributed by atoms with van der Waals surface area (Å²) >= 11 is -2.59. The Bertz CT molecular complexity index is 4040. The molecule has 0 spiro atoms. The molecule has 41 nitrogen and oxygen atoms in total. The van der Waals surface area contributed by atoms with E-state index < -0.39 is 139 Å². The molecule has 1 aromatic rings. The number of hydrazine groups is 4. The van der Waals surface area contributed by atoms with Crippen LogP contribution < -0.4 is 10.9 Å². The zero-order chi connectivity index (χ0) is 94.9. The summed E-state index contributed by atoms with van der Waals surface area (Å²) in [5, 5.41) is 5.94. The Morgan fingerprint density at radius 3 is 1.38 bits per heavy atom. The summed E-state index contributed by atoms with van der Waals surface area (Å²) in [5.41, 5.74) is 2.01. The van der Waals surface area contributed by atoms with Crippen molar-refractivity contribution in [1.29, 1.82) is 0 Å². The molecule has 1 unspecified atom stereocenters. The predicted molar refractivity (Wildman–Crippen MR) is 433 cm³/mol. The summed E-state index contributed by atoms with van der Waals surface area (Å²) < 4.78 is 99.5. The normalized spacial score (nSPS) is 16.2. The molecule has 1 atom stereocenters. The van der Waals surface area contributed by atoms with Crippen molar-refractivity contribution in [3.63, 3.8) is 0 Å². The fraction of sp³-hybridized carbons (Fsp3) is 0.527. The van der Waals surface area contributed by atoms with Gasteiger partial charge in [0, 0.05) is 106 Å². The number of nitrogens with one attached hydrogen (secondary N) is 2. The Morgan fingerprint density at radius 1 is 0.585 bits per heavy atom. The zero-order valence-corrected chi connectivity index (χ0v) is 80.3. The van der Waals surface area contributed by atoms with Gasteiger partial charge in [-0.25, -0.2) is 44.2 Å². The van der Waals surface area contributed by atoms with E-state index >= 15 is 0 Å². The number of carbonyl (C=O) groups excluding carboxylic acids is 19. The minimum atomic E-state index is -3.67. The molecule has 1 radical (unpaired) electrons. The number of amides is 8. The molecule has 4 fully saturated rings. The maximum atomic E-state index is 12.5. The number of halogens is 4. The molecule has 0 saturated carbocycles. The zero-order valence-electron chi connectivity index (χ0n) is 73.3. The number of rotatable bonds is 22. The van der Waals surface area contributed by atoms with E-state index in [0.717, 1.165) is 68.2 Å². The Kier molecular flexibility index (Phi) is 52.9. The Morgan fingerprint density at radius 2 is 1.02 bits per heavy atom. The summed E-state index contributed by atoms with van der Waals surface area (Å²) in [6, 6.07) is 9.05. The summed E-state index contributed by atoms with van der Waals surface area (Å²) in [4.78, 5) is 210. The Hall–Kier alpha value is -9.83. The van der Waals surface area contributed by atoms with Crippen LogP contribution in [0.15, 0.2) is 89.9 Å². The Labute approximate surface area is 745 Å². The van der Waals surface area contributed by atoms with E-state index in [2.05, 4.69) is 99.4 Å². The second kappa shape index (κ2) is 55.4. The van der Waals surface area contributed by atoms with Gasteiger partial charge in [-0.15, -0.1) is 6.08 Å². The first-order chi connectivity index (χ1) is 56.4. The number of nitrogens with zero attached hydrogens (tertiary/aromatic N) is 6. The van der Waals surface area contributed by atoms with Crippen LogP contribution in [0.4, 0.5) is 12.9 Å². The van der Waals surface area contributed by atoms with E-state index in [1.165, 1.54) is 94.0 Å². The summed E-state index contributed by atoms with van der Waals surface area (Å²) in [7, 11) is 4.16. The molecule has 8 amide bonds. The van der Waals surface area contributed by atoms with Gasteiger partial charge in [-0.1, -0.05) is 53.8 Å². The number of methoxy groups -OCH3 is 9. The molecule has 0 aromatic heterocycles. The van der Waals surface area contributed by atoms with Gasteiger partial charge in [0.25, 0.3) is 47.1 Å². The first kappa shape index (κ1) is 117. The largest absolute Gasteiger partial charge is 0.762 e. The number of ketones is 4. The van der Waals surface area contributed by atoms with Crippen LogP contribution in [0.3, 0.4) is 0 Å². The van der Waals surface area contributed by atoms with Gasteiger partial charge in [0.1, 0.15) is 43.8 Å². The standard InChI is InChI=1S/C16H26N2O6Si.C13H24O4Si.C10H11IO4.C9H8N2O5.C8H5N2O4.C6H8O4.C5H12O3.C4H10O.C3H4N2O2.BF3.Y/c1-15(2,3)25(6,7)24-11-9-16(23-5,14(21)22-4)18-13(20)8-12(19)17(18)10-11;1-10(9-11(15-5)12(14)16-6)17-18(7,8)13(2,3)4;1-8(12)14-11(15-9(2)13)10-6-4-3-5-7-10;1-16-9(15)6-2-5(12)4-10-7(13)3-8(14)11(6)10;11-4-5-1-6(12)3-9-7(13)2-8(14)10(5)9;1-4(7)3-5(8)6(9)10-2;1-5(6-2,7-3)8-4;1-3-5-4-2;6-2-1-3(7)5-4-2;2-1(3)4;/h9H,8,10H2,1-7H3;9H,1H2,2-8H3;3-7H,1-2H3;2H,3-4H2,1H3;1H,2-3H2;3H2,1-2H3;1-4H3;3-4H2,1-2H3;1H2,(H,4,6)(H,5,7);;/q;;;;-1;;;;;;/b;11-9-;;;;;;;;;. The SMILES string of the molecule is C=C(/C=C(\OC)C(=O)OC)O[Si](C)(C)C(C)(C)C.CC(=O)OI(OC(C)=O)c1ccccc1.CCOCC.COC(=O)C(=O)CC(C)=O.COC(=O)C1(OC)C=C(O[Si](C)(C)C(C)(C)C)CN2C(=O)CC(=O)N21.COC(=O)C1=CC(=O)CN2C(=O)CC(=O)N12.COC(C)(OC)OC.FB(F)F.O=C1CC(=O)NN1.O=[C-]C1=CC(=O)CN2C(=O)CC(=O)N12.[Y]. The van der Waals surface area contributed by atoms with Gasteiger partial charge in [0.2, 0.25) is 40.0 Å². The summed E-state index contributed by atoms with van der Waals surface area (Å²) in [6.45, 7) is 35.7. The monoisotopic (exact) mass is 1980 g/mol. The van der Waals surface area contributed by atoms with Crippen molar-refractivity contribution < 1.29 is 199 Å². The van der Waals surface area contributed by atoms with E-state index in [-0.39, 0.29) is 135 Å². The van der Waals surface area contributed by atoms with Gasteiger partial charge >= 0.3 is 127 Å². The number of ether oxygens (including phenoxy) is 10. The van der Waals surface area contributed by atoms with E-state index in [1.54, 1.807) is 19.1 Å². The van der Waals surface area contributed by atoms with Crippen LogP contribution in [-0.4, -0.2) is 275 Å². The van der Waals surface area contributed by atoms with Crippen molar-refractivity contribution in [3.8, 4) is 0 Å². The van der Waals surface area contributed by atoms with Crippen molar-refractivity contribution in [3.05, 3.63) is 93.5 Å². The van der Waals surface area contributed by atoms with Crippen molar-refractivity contribution in [2.24, 2.45) is 0 Å². The molecule has 2 N–H and O–H groups in total. The number of fused-ring (bicyclic) bond motifs is 3. The van der Waals surface area contributed by atoms with Gasteiger partial charge in [0.15, 0.2) is 11.5 Å². The fourth-order valence-electron chi connectivity index (χ4n) is 8.68. The molecule has 7 aliphatic rings. The first-order valence-corrected chi connectivity index (χ1v) is 44.6. The number of allylic oxidation sites excluding steroid dienone is 2. The molecular formula is C74H108BF3IN8O33Si2Y-. The predicted octanol–water partition coefficient (Wildman–Crippen LogP) is 4.85. The van der Waals surface area contributed by atoms with Crippen molar-refractivity contribution >= 4 is 157 Å². The maximum Gasteiger partial charge on any atom is 0.762 e. The van der Waals surface area contributed by atoms with Crippen LogP contribution in [0.5, 0.6) is 0 Å². The molecule has 0 aliphatic carbocycles. The molecule has 49 heteroatoms. The molecular weight excluding hydrogens is 1870 g/mol. The molecule has 1 aromatic carbocycles. The number of benzene rings is 1. The van der Waals surface area contributed by atoms with Crippen molar-refractivity contribution in [1.82, 2.24) is 40.9 Å². The maximum absolute atomic E-state index is 12.5. The van der Waals surface area contributed by atoms with Crippen molar-refractivity contribution in [2.75, 3.05) is 96.8 Å². The van der Waals surface area contributed by atoms with Gasteiger partial charge in [-0.2, -0.15) is 0 Å². The molecule has 4 saturated heterocycles. The van der Waals surface area contributed by atoms with E-state index in [1.807, 2.05) is 32.0 Å². The topological polar surface area (TPSA) is 497 Å². The number of hydrogen-bond acceptors (Lipinski definition) is 33. The molecule has 0 bridgehead atoms. The summed E-state index contributed by atoms with van der Waals surface area (Å²) in [6.07, 6.45) is 5.06. The second-order valence-corrected chi connectivity index (χ2v) is 40.5. The van der Waals surface area contributed by atoms with Gasteiger partial charge < -0.3 is 65.8 Å². The van der Waals surface area contributed by atoms with Crippen LogP contribution in [0, 0.1) is 3.57 Å². The first-order valence-electron chi connectivity index (χ1n) is 36.0. The summed E-state index contributed by atoms with van der Waals surface area (Å²) in [5.74, 6) is -9.28. The fourth-order valence-corrected chi connectivity index (χ4v) is 13.5. The van der Waals surface area contributed by atoms with Crippen LogP contribution in [-0.2, 0) is 186 Å². The average molecular weight is 1980 g/mol. The van der Waals surface area contributed by atoms with E-state index in [9.17, 15) is 104 Å². The van der Waals surface area contributed by atoms with Crippen LogP contribution in [0.1, 0.15) is 115 Å². The molecule has 8 rings (SSSR count). The number of hydrogen-bond donors (Lipinski definition) is 2. The van der Waals surface area contributed by atoms with Crippen molar-refractivity contribution in [2.45, 2.75) is 163 Å². The third kappa shape index (κ3) is 39.3. The quantitative estimate of drug-likeness (QED) is 0.0134. The van der Waals surface area contributed by atoms with Gasteiger partial charge in [-0.3, -0.25) is 81.5 Å². The van der Waals surface area contributed by atoms with E-state index in [0.29, 0.717) is 11.5 Å². The molecule has 7 heterocycles. The minimum Gasteiger partial charge on any atom is -0.545 e. The minimum absolute atomic E-state index is 0. The Balaban J connectivity index is -0.00000135. The molecule has 685 valence electrons. The third-order valence-corrected chi connectivity index (χ3v) is 29.2. The second-order valence-electron chi connectivity index (χ2n) is 27.7. The van der Waals surface area contributed by atoms with Gasteiger partial charge in [0.05, 0.1) is 66.6 Å². The average Bonchev–Trinajstić information content (AvgIpc) is 1.64. The van der Waals surface area contributed by atoms with Crippen LogP contribution >= 0.6 is 20.6 Å². The third-order valence-electron chi connectivity index (χ3n) is 16.7. The van der Waals surface area contributed by atoms with E-state index in [4.69, 9.17) is 48.1 Å². The smallest absolute Gasteiger partial charge is 0.545 e. The number of Topliss-reactive ketones (excluding diaryl/α,β-unsaturated/α-hetero) is 2. The molecule has 123 heavy (non-hydrogen) atoms. The van der Waals surface area contributed by atoms with Crippen LogP contribution in [0.2, 0.25) is 36.3 Å².